The summed E-state index contributed by atoms with van der Waals surface area (Å²) in [4.78, 5) is 30.4. The number of carbonyl (C=O) groups is 2. The van der Waals surface area contributed by atoms with Crippen LogP contribution in [0.2, 0.25) is 0 Å². The molecule has 0 fully saturated rings. The number of aliphatic imine (C=N–C) groups is 2. The first kappa shape index (κ1) is 21.9. The molecular formula is C20H16CuN6O2. The Morgan fingerprint density at radius 2 is 1.00 bits per heavy atom. The molecule has 8 nitrogen and oxygen atoms in total. The maximum absolute atomic E-state index is 11.3. The van der Waals surface area contributed by atoms with Crippen LogP contribution < -0.4 is 0 Å². The van der Waals surface area contributed by atoms with Crippen molar-refractivity contribution in [3.63, 3.8) is 0 Å². The number of rotatable bonds is 0. The first-order valence-corrected chi connectivity index (χ1v) is 8.35. The number of nitrogens with one attached hydrogen (secondary N) is 2. The van der Waals surface area contributed by atoms with Gasteiger partial charge in [-0.25, -0.2) is 0 Å². The Morgan fingerprint density at radius 1 is 0.690 bits per heavy atom. The number of amides is 2. The zero-order valence-electron chi connectivity index (χ0n) is 15.5. The fourth-order valence-corrected chi connectivity index (χ4v) is 2.65. The SMILES string of the molecule is CC(=N)N=C1[N-]C(=O)c2ccccc21.CC(=N)N=C1[N-]C(=O)c2ccccc21.[Cu+2]. The van der Waals surface area contributed by atoms with Gasteiger partial charge in [0, 0.05) is 22.8 Å². The third-order valence-corrected chi connectivity index (χ3v) is 3.76. The molecule has 9 heteroatoms. The quantitative estimate of drug-likeness (QED) is 0.368. The Morgan fingerprint density at radius 3 is 1.31 bits per heavy atom. The average Bonchev–Trinajstić information content (AvgIpc) is 3.13. The molecule has 0 aliphatic carbocycles. The monoisotopic (exact) mass is 435 g/mol. The van der Waals surface area contributed by atoms with Crippen LogP contribution in [0.15, 0.2) is 58.5 Å². The molecule has 0 aromatic heterocycles. The summed E-state index contributed by atoms with van der Waals surface area (Å²) in [6.07, 6.45) is 0. The van der Waals surface area contributed by atoms with E-state index in [0.717, 1.165) is 0 Å². The molecule has 0 atom stereocenters. The van der Waals surface area contributed by atoms with Gasteiger partial charge >= 0.3 is 17.1 Å². The van der Waals surface area contributed by atoms with Crippen molar-refractivity contribution in [1.29, 1.82) is 10.8 Å². The molecular weight excluding hydrogens is 420 g/mol. The minimum atomic E-state index is -0.277. The van der Waals surface area contributed by atoms with Crippen LogP contribution >= 0.6 is 0 Å². The molecule has 149 valence electrons. The molecule has 2 amide bonds. The van der Waals surface area contributed by atoms with Crippen LogP contribution in [-0.2, 0) is 17.1 Å². The third-order valence-electron chi connectivity index (χ3n) is 3.76. The number of carbonyl (C=O) groups excluding carboxylic acids is 2. The van der Waals surface area contributed by atoms with Gasteiger partial charge in [0.2, 0.25) is 0 Å². The maximum atomic E-state index is 11.3. The van der Waals surface area contributed by atoms with Gasteiger partial charge in [-0.3, -0.25) is 9.59 Å². The fraction of sp³-hybridized carbons (Fsp3) is 0.100. The number of nitrogens with zero attached hydrogens (tertiary/aromatic N) is 4. The minimum Gasteiger partial charge on any atom is -0.424 e. The summed E-state index contributed by atoms with van der Waals surface area (Å²) in [5.74, 6) is 0.430. The first-order chi connectivity index (χ1) is 13.4. The predicted octanol–water partition coefficient (Wildman–Crippen LogP) is 3.91. The van der Waals surface area contributed by atoms with E-state index < -0.39 is 0 Å². The summed E-state index contributed by atoms with van der Waals surface area (Å²) in [6, 6.07) is 14.2. The predicted molar refractivity (Wildman–Crippen MR) is 108 cm³/mol. The molecule has 0 bridgehead atoms. The van der Waals surface area contributed by atoms with Crippen LogP contribution in [0.4, 0.5) is 0 Å². The molecule has 2 aromatic carbocycles. The van der Waals surface area contributed by atoms with Gasteiger partial charge in [0.15, 0.2) is 11.8 Å². The molecule has 0 saturated heterocycles. The molecule has 2 heterocycles. The van der Waals surface area contributed by atoms with Gasteiger partial charge in [-0.2, -0.15) is 0 Å². The van der Waals surface area contributed by atoms with Crippen LogP contribution in [0.3, 0.4) is 0 Å². The summed E-state index contributed by atoms with van der Waals surface area (Å²) in [7, 11) is 0. The maximum Gasteiger partial charge on any atom is 2.00 e. The zero-order chi connectivity index (χ0) is 20.3. The largest absolute Gasteiger partial charge is 2.00 e. The molecule has 2 aromatic rings. The molecule has 0 spiro atoms. The molecule has 2 aliphatic rings. The number of amidine groups is 4. The summed E-state index contributed by atoms with van der Waals surface area (Å²) in [5.41, 5.74) is 2.55. The van der Waals surface area contributed by atoms with Crippen LogP contribution in [0.25, 0.3) is 10.6 Å². The van der Waals surface area contributed by atoms with Gasteiger partial charge in [-0.1, -0.05) is 48.5 Å². The van der Waals surface area contributed by atoms with E-state index in [1.165, 1.54) is 0 Å². The van der Waals surface area contributed by atoms with Crippen molar-refractivity contribution in [3.05, 3.63) is 81.4 Å². The molecule has 0 saturated carbocycles. The number of fused-ring (bicyclic) bond motifs is 2. The van der Waals surface area contributed by atoms with Crippen LogP contribution in [-0.4, -0.2) is 35.2 Å². The van der Waals surface area contributed by atoms with E-state index in [1.807, 2.05) is 12.1 Å². The van der Waals surface area contributed by atoms with Crippen molar-refractivity contribution in [2.24, 2.45) is 9.98 Å². The van der Waals surface area contributed by atoms with Crippen molar-refractivity contribution in [1.82, 2.24) is 0 Å². The normalized spacial score (nSPS) is 16.1. The van der Waals surface area contributed by atoms with Gasteiger partial charge in [0.05, 0.1) is 0 Å². The first-order valence-electron chi connectivity index (χ1n) is 8.35. The fourth-order valence-electron chi connectivity index (χ4n) is 2.65. The summed E-state index contributed by atoms with van der Waals surface area (Å²) >= 11 is 0. The molecule has 0 unspecified atom stereocenters. The van der Waals surface area contributed by atoms with Gasteiger partial charge in [0.1, 0.15) is 0 Å². The molecule has 4 rings (SSSR count). The third kappa shape index (κ3) is 4.90. The molecule has 2 N–H and O–H groups in total. The Hall–Kier alpha value is -3.42. The number of hydrogen-bond acceptors (Lipinski definition) is 4. The van der Waals surface area contributed by atoms with Crippen molar-refractivity contribution in [2.45, 2.75) is 13.8 Å². The molecule has 2 aliphatic heterocycles. The van der Waals surface area contributed by atoms with E-state index in [-0.39, 0.29) is 40.6 Å². The Bertz CT molecular complexity index is 989. The number of benzene rings is 2. The second kappa shape index (κ2) is 9.18. The average molecular weight is 436 g/mol. The zero-order valence-corrected chi connectivity index (χ0v) is 16.5. The summed E-state index contributed by atoms with van der Waals surface area (Å²) in [6.45, 7) is 3.10. The van der Waals surface area contributed by atoms with Gasteiger partial charge < -0.3 is 31.4 Å². The molecule has 1 radical (unpaired) electrons. The second-order valence-corrected chi connectivity index (χ2v) is 5.97. The second-order valence-electron chi connectivity index (χ2n) is 5.97. The van der Waals surface area contributed by atoms with E-state index in [2.05, 4.69) is 20.6 Å². The van der Waals surface area contributed by atoms with Crippen LogP contribution in [0.5, 0.6) is 0 Å². The standard InChI is InChI=1S/2C10H9N3O.Cu/c2*1-6(11)12-9-7-4-2-3-5-8(7)10(14)13-9;/h2*2-5H,1H3,(H2,11,12,13,14);/q;;+2/p-2. The Balaban J connectivity index is 0.000000200. The molecule has 29 heavy (non-hydrogen) atoms. The van der Waals surface area contributed by atoms with E-state index in [1.54, 1.807) is 50.2 Å². The van der Waals surface area contributed by atoms with Gasteiger partial charge in [-0.05, 0) is 36.6 Å². The van der Waals surface area contributed by atoms with Crippen molar-refractivity contribution >= 4 is 35.2 Å². The van der Waals surface area contributed by atoms with Crippen molar-refractivity contribution < 1.29 is 26.7 Å². The van der Waals surface area contributed by atoms with Crippen LogP contribution in [0.1, 0.15) is 45.7 Å². The smallest absolute Gasteiger partial charge is 0.424 e. The Labute approximate surface area is 178 Å². The summed E-state index contributed by atoms with van der Waals surface area (Å²) in [5, 5.41) is 21.9. The van der Waals surface area contributed by atoms with E-state index >= 15 is 0 Å². The topological polar surface area (TPSA) is 135 Å². The van der Waals surface area contributed by atoms with E-state index in [4.69, 9.17) is 10.8 Å². The Kier molecular flexibility index (Phi) is 6.93. The van der Waals surface area contributed by atoms with E-state index in [9.17, 15) is 9.59 Å². The summed E-state index contributed by atoms with van der Waals surface area (Å²) < 4.78 is 0. The van der Waals surface area contributed by atoms with Crippen molar-refractivity contribution in [2.75, 3.05) is 0 Å². The van der Waals surface area contributed by atoms with Crippen LogP contribution in [0, 0.1) is 10.8 Å². The van der Waals surface area contributed by atoms with E-state index in [0.29, 0.717) is 33.9 Å². The number of hydrogen-bond donors (Lipinski definition) is 2. The van der Waals surface area contributed by atoms with Gasteiger partial charge in [-0.15, -0.1) is 0 Å². The van der Waals surface area contributed by atoms with Gasteiger partial charge in [0.25, 0.3) is 0 Å². The minimum absolute atomic E-state index is 0. The van der Waals surface area contributed by atoms with Crippen molar-refractivity contribution in [3.8, 4) is 0 Å².